The maximum atomic E-state index is 15.6. The molecule has 8 aliphatic rings. The summed E-state index contributed by atoms with van der Waals surface area (Å²) in [4.78, 5) is 0. The summed E-state index contributed by atoms with van der Waals surface area (Å²) in [5.74, 6) is -14.2. The molecule has 3 nitrogen and oxygen atoms in total. The fraction of sp³-hybridized carbons (Fsp3) is 1.00. The molecule has 0 radical (unpaired) electrons. The van der Waals surface area contributed by atoms with Gasteiger partial charge in [0.15, 0.2) is 0 Å². The number of rotatable bonds is 7. The Hall–Kier alpha value is -0.480. The molecule has 0 N–H and O–H groups in total. The van der Waals surface area contributed by atoms with E-state index in [2.05, 4.69) is 0 Å². The summed E-state index contributed by atoms with van der Waals surface area (Å²) in [5.41, 5.74) is -9.55. The van der Waals surface area contributed by atoms with Crippen molar-refractivity contribution in [2.45, 2.75) is 112 Å². The molecule has 0 amide bonds. The Morgan fingerprint density at radius 3 is 1.03 bits per heavy atom. The van der Waals surface area contributed by atoms with Gasteiger partial charge in [-0.15, -0.1) is 0 Å². The number of alkyl halides is 9. The average Bonchev–Trinajstić information content (AvgIpc) is 2.69. The van der Waals surface area contributed by atoms with Gasteiger partial charge in [0.1, 0.15) is 0 Å². The van der Waals surface area contributed by atoms with Crippen molar-refractivity contribution in [3.63, 3.8) is 0 Å². The van der Waals surface area contributed by atoms with Gasteiger partial charge in [0.05, 0.1) is 11.2 Å². The molecule has 37 heavy (non-hydrogen) atoms. The van der Waals surface area contributed by atoms with Gasteiger partial charge >= 0.3 is 31.3 Å². The van der Waals surface area contributed by atoms with Gasteiger partial charge in [0, 0.05) is 0 Å². The van der Waals surface area contributed by atoms with Crippen molar-refractivity contribution in [3.8, 4) is 0 Å². The Morgan fingerprint density at radius 2 is 0.784 bits per heavy atom. The molecule has 13 heteroatoms. The molecule has 0 aromatic heterocycles. The molecule has 8 aliphatic carbocycles. The molecule has 212 valence electrons. The smallest absolute Gasteiger partial charge is 0.298 e. The maximum absolute atomic E-state index is 15.6. The molecule has 0 saturated heterocycles. The second-order valence-electron chi connectivity index (χ2n) is 13.1. The molecule has 0 aromatic rings. The lowest BCUT2D eigenvalue weighted by atomic mass is 9.54. The van der Waals surface area contributed by atoms with Crippen LogP contribution in [0.15, 0.2) is 0 Å². The molecule has 8 fully saturated rings. The number of halogens is 9. The van der Waals surface area contributed by atoms with E-state index in [9.17, 15) is 35.3 Å². The van der Waals surface area contributed by atoms with E-state index in [1.807, 2.05) is 0 Å². The predicted molar refractivity (Wildman–Crippen MR) is 112 cm³/mol. The molecule has 8 saturated carbocycles. The molecule has 0 atom stereocenters. The largest absolute Gasteiger partial charge is 0.460 e. The Bertz CT molecular complexity index is 874. The molecule has 8 rings (SSSR count). The first-order chi connectivity index (χ1) is 16.9. The van der Waals surface area contributed by atoms with Crippen molar-refractivity contribution >= 4 is 7.60 Å². The van der Waals surface area contributed by atoms with Crippen molar-refractivity contribution in [1.82, 2.24) is 0 Å². The molecular formula is C24H30F9O3P. The summed E-state index contributed by atoms with van der Waals surface area (Å²) in [5, 5.41) is 0. The lowest BCUT2D eigenvalue weighted by molar-refractivity contribution is -0.385. The van der Waals surface area contributed by atoms with Crippen LogP contribution in [0.5, 0.6) is 0 Å². The van der Waals surface area contributed by atoms with Crippen molar-refractivity contribution in [2.75, 3.05) is 0 Å². The van der Waals surface area contributed by atoms with Crippen molar-refractivity contribution < 1.29 is 53.1 Å². The van der Waals surface area contributed by atoms with E-state index >= 15 is 8.78 Å². The third-order valence-electron chi connectivity index (χ3n) is 10.1. The van der Waals surface area contributed by atoms with Gasteiger partial charge in [-0.2, -0.15) is 39.5 Å². The van der Waals surface area contributed by atoms with Crippen LogP contribution in [-0.4, -0.2) is 34.9 Å². The fourth-order valence-electron chi connectivity index (χ4n) is 9.47. The van der Waals surface area contributed by atoms with Crippen LogP contribution >= 0.6 is 7.60 Å². The Kier molecular flexibility index (Phi) is 5.66. The lowest BCUT2D eigenvalue weighted by Crippen LogP contribution is -2.62. The van der Waals surface area contributed by atoms with Gasteiger partial charge in [-0.25, -0.2) is 0 Å². The molecular weight excluding hydrogens is 538 g/mol. The minimum absolute atomic E-state index is 0.00463. The van der Waals surface area contributed by atoms with Gasteiger partial charge in [-0.05, 0) is 113 Å². The summed E-state index contributed by atoms with van der Waals surface area (Å²) in [6.07, 6.45) is -1.72. The van der Waals surface area contributed by atoms with Gasteiger partial charge in [-0.3, -0.25) is 13.6 Å². The third kappa shape index (κ3) is 3.87. The van der Waals surface area contributed by atoms with Crippen LogP contribution in [0.2, 0.25) is 0 Å². The average molecular weight is 568 g/mol. The minimum atomic E-state index is -7.16. The van der Waals surface area contributed by atoms with Gasteiger partial charge < -0.3 is 0 Å². The van der Waals surface area contributed by atoms with Crippen LogP contribution in [0.3, 0.4) is 0 Å². The second-order valence-corrected chi connectivity index (χ2v) is 15.0. The zero-order valence-electron chi connectivity index (χ0n) is 20.0. The van der Waals surface area contributed by atoms with Crippen LogP contribution in [0.4, 0.5) is 39.5 Å². The first kappa shape index (κ1) is 26.7. The van der Waals surface area contributed by atoms with Crippen LogP contribution in [0.25, 0.3) is 0 Å². The highest BCUT2D eigenvalue weighted by Crippen LogP contribution is 2.77. The van der Waals surface area contributed by atoms with Crippen LogP contribution in [0.1, 0.15) is 77.0 Å². The van der Waals surface area contributed by atoms with Crippen molar-refractivity contribution in [2.24, 2.45) is 35.5 Å². The molecule has 0 aromatic carbocycles. The highest BCUT2D eigenvalue weighted by atomic mass is 31.2. The molecule has 0 unspecified atom stereocenters. The standard InChI is InChI=1S/C24H30F9O3P/c25-21(26,23(29,30)31)22(27,28)24(32,33)37(34,35-19-7-13-1-14(8-19)3-15(2-13)9-19)36-20-10-16-4-17(11-20)6-18(5-16)12-20/h13-18H,1-12H2. The normalized spacial score (nSPS) is 44.9. The summed E-state index contributed by atoms with van der Waals surface area (Å²) in [6.45, 7) is 0. The van der Waals surface area contributed by atoms with E-state index in [-0.39, 0.29) is 74.0 Å². The van der Waals surface area contributed by atoms with E-state index in [0.717, 1.165) is 38.5 Å². The van der Waals surface area contributed by atoms with E-state index in [1.54, 1.807) is 0 Å². The molecule has 8 bridgehead atoms. The highest BCUT2D eigenvalue weighted by molar-refractivity contribution is 7.55. The SMILES string of the molecule is O=P(OC12CC3CC(CC(C3)C1)C2)(OC12CC3CC(CC(C3)C1)C2)C(F)(F)C(F)(F)C(F)(F)C(F)(F)F. The first-order valence-electron chi connectivity index (χ1n) is 13.1. The highest BCUT2D eigenvalue weighted by Gasteiger charge is 2.88. The minimum Gasteiger partial charge on any atom is -0.298 e. The lowest BCUT2D eigenvalue weighted by Gasteiger charge is -2.59. The second kappa shape index (κ2) is 7.83. The zero-order valence-corrected chi connectivity index (χ0v) is 20.9. The quantitative estimate of drug-likeness (QED) is 0.228. The third-order valence-corrected chi connectivity index (χ3v) is 12.3. The molecule has 0 spiro atoms. The fourth-order valence-corrected chi connectivity index (χ4v) is 11.7. The number of hydrogen-bond acceptors (Lipinski definition) is 3. The van der Waals surface area contributed by atoms with E-state index < -0.39 is 42.5 Å². The van der Waals surface area contributed by atoms with Crippen LogP contribution < -0.4 is 0 Å². The monoisotopic (exact) mass is 568 g/mol. The predicted octanol–water partition coefficient (Wildman–Crippen LogP) is 8.58. The summed E-state index contributed by atoms with van der Waals surface area (Å²) in [6, 6.07) is 0. The summed E-state index contributed by atoms with van der Waals surface area (Å²) in [7, 11) is -6.57. The van der Waals surface area contributed by atoms with E-state index in [4.69, 9.17) is 9.05 Å². The Morgan fingerprint density at radius 1 is 0.514 bits per heavy atom. The molecule has 0 aliphatic heterocycles. The summed E-state index contributed by atoms with van der Waals surface area (Å²) >= 11 is 0. The van der Waals surface area contributed by atoms with Gasteiger partial charge in [-0.1, -0.05) is 0 Å². The Labute approximate surface area is 208 Å². The molecule has 0 heterocycles. The van der Waals surface area contributed by atoms with Crippen molar-refractivity contribution in [3.05, 3.63) is 0 Å². The van der Waals surface area contributed by atoms with Gasteiger partial charge in [0.2, 0.25) is 0 Å². The maximum Gasteiger partial charge on any atom is 0.460 e. The topological polar surface area (TPSA) is 35.5 Å². The van der Waals surface area contributed by atoms with Crippen LogP contribution in [0, 0.1) is 35.5 Å². The van der Waals surface area contributed by atoms with E-state index in [1.165, 1.54) is 0 Å². The number of hydrogen-bond donors (Lipinski definition) is 0. The van der Waals surface area contributed by atoms with Crippen LogP contribution in [-0.2, 0) is 13.6 Å². The van der Waals surface area contributed by atoms with E-state index in [0.29, 0.717) is 0 Å². The Balaban J connectivity index is 1.41. The van der Waals surface area contributed by atoms with Gasteiger partial charge in [0.25, 0.3) is 0 Å². The zero-order chi connectivity index (χ0) is 26.9. The van der Waals surface area contributed by atoms with Crippen molar-refractivity contribution in [1.29, 1.82) is 0 Å². The summed E-state index contributed by atoms with van der Waals surface area (Å²) < 4.78 is 152. The first-order valence-corrected chi connectivity index (χ1v) is 14.6.